The lowest BCUT2D eigenvalue weighted by atomic mass is 9.90. The maximum absolute atomic E-state index is 5.07. The molecule has 1 rings (SSSR count). The molecular formula is C40H74N2. The number of unbranched alkanes of at least 4 members (excludes halogenated alkanes) is 6. The summed E-state index contributed by atoms with van der Waals surface area (Å²) in [5.74, 6) is 1.97. The fourth-order valence-electron chi connectivity index (χ4n) is 4.81. The molecule has 0 bridgehead atoms. The molecule has 1 aromatic rings. The van der Waals surface area contributed by atoms with Crippen LogP contribution in [0.4, 0.5) is 5.69 Å². The quantitative estimate of drug-likeness (QED) is 0.113. The highest BCUT2D eigenvalue weighted by Gasteiger charge is 2.08. The minimum atomic E-state index is 0.961. The van der Waals surface area contributed by atoms with E-state index in [9.17, 15) is 0 Å². The van der Waals surface area contributed by atoms with E-state index in [1.165, 1.54) is 112 Å². The smallest absolute Gasteiger partial charge is 0.129 e. The van der Waals surface area contributed by atoms with Gasteiger partial charge in [-0.2, -0.15) is 0 Å². The van der Waals surface area contributed by atoms with Crippen LogP contribution in [0.2, 0.25) is 0 Å². The Morgan fingerprint density at radius 2 is 1.31 bits per heavy atom. The van der Waals surface area contributed by atoms with Gasteiger partial charge in [-0.1, -0.05) is 157 Å². The monoisotopic (exact) mass is 583 g/mol. The highest BCUT2D eigenvalue weighted by molar-refractivity contribution is 6.00. The first kappa shape index (κ1) is 42.3. The van der Waals surface area contributed by atoms with E-state index in [1.54, 1.807) is 0 Å². The van der Waals surface area contributed by atoms with Crippen LogP contribution in [-0.2, 0) is 6.42 Å². The molecular weight excluding hydrogens is 508 g/mol. The summed E-state index contributed by atoms with van der Waals surface area (Å²) in [6.07, 6.45) is 24.4. The molecule has 1 unspecified atom stereocenters. The zero-order valence-electron chi connectivity index (χ0n) is 30.4. The van der Waals surface area contributed by atoms with Crippen LogP contribution in [0, 0.1) is 5.92 Å². The van der Waals surface area contributed by atoms with Crippen LogP contribution in [0.5, 0.6) is 0 Å². The van der Waals surface area contributed by atoms with Crippen molar-refractivity contribution in [1.29, 1.82) is 0 Å². The number of aliphatic imine (C=N–C) groups is 1. The van der Waals surface area contributed by atoms with Crippen molar-refractivity contribution in [3.8, 4) is 0 Å². The van der Waals surface area contributed by atoms with Crippen molar-refractivity contribution in [2.75, 3.05) is 5.32 Å². The third-order valence-electron chi connectivity index (χ3n) is 8.01. The van der Waals surface area contributed by atoms with Gasteiger partial charge in [-0.15, -0.1) is 0 Å². The first-order chi connectivity index (χ1) is 20.4. The Hall–Kier alpha value is -1.83. The summed E-state index contributed by atoms with van der Waals surface area (Å²) in [5.41, 5.74) is 6.33. The van der Waals surface area contributed by atoms with Gasteiger partial charge in [0, 0.05) is 11.4 Å². The van der Waals surface area contributed by atoms with Gasteiger partial charge in [0.05, 0.1) is 0 Å². The molecule has 0 saturated heterocycles. The third-order valence-corrected chi connectivity index (χ3v) is 8.01. The Balaban J connectivity index is 0. The topological polar surface area (TPSA) is 24.4 Å². The molecule has 244 valence electrons. The predicted molar refractivity (Wildman–Crippen MR) is 196 cm³/mol. The third kappa shape index (κ3) is 21.8. The Kier molecular flexibility index (Phi) is 30.8. The normalized spacial score (nSPS) is 12.9. The average Bonchev–Trinajstić information content (AvgIpc) is 3.03. The second kappa shape index (κ2) is 30.6. The predicted octanol–water partition coefficient (Wildman–Crippen LogP) is 14.3. The van der Waals surface area contributed by atoms with Crippen LogP contribution < -0.4 is 5.32 Å². The summed E-state index contributed by atoms with van der Waals surface area (Å²) in [4.78, 5) is 5.07. The number of nitrogens with zero attached hydrogens (tertiary/aromatic N) is 1. The molecule has 2 heteroatoms. The summed E-state index contributed by atoms with van der Waals surface area (Å²) in [7, 11) is 0. The number of anilines is 1. The molecule has 0 fully saturated rings. The number of nitrogens with one attached hydrogen (secondary N) is 1. The zero-order chi connectivity index (χ0) is 32.0. The number of rotatable bonds is 21. The molecule has 0 amide bonds. The fourth-order valence-corrected chi connectivity index (χ4v) is 4.81. The first-order valence-electron chi connectivity index (χ1n) is 18.2. The van der Waals surface area contributed by atoms with Gasteiger partial charge in [0.2, 0.25) is 0 Å². The van der Waals surface area contributed by atoms with Crippen molar-refractivity contribution >= 4 is 11.4 Å². The van der Waals surface area contributed by atoms with Gasteiger partial charge in [-0.3, -0.25) is 0 Å². The fraction of sp³-hybridized carbons (Fsp3) is 0.725. The van der Waals surface area contributed by atoms with Gasteiger partial charge in [-0.25, -0.2) is 4.99 Å². The molecule has 1 aromatic carbocycles. The molecule has 0 radical (unpaired) electrons. The Morgan fingerprint density at radius 1 is 0.714 bits per heavy atom. The van der Waals surface area contributed by atoms with E-state index >= 15 is 0 Å². The zero-order valence-corrected chi connectivity index (χ0v) is 30.4. The summed E-state index contributed by atoms with van der Waals surface area (Å²) in [6.45, 7) is 23.9. The second-order valence-corrected chi connectivity index (χ2v) is 11.7. The van der Waals surface area contributed by atoms with Crippen LogP contribution in [-0.4, -0.2) is 5.71 Å². The highest BCUT2D eigenvalue weighted by Crippen LogP contribution is 2.23. The number of allylic oxidation sites excluding steroid dienone is 3. The van der Waals surface area contributed by atoms with Crippen molar-refractivity contribution in [2.45, 2.75) is 185 Å². The summed E-state index contributed by atoms with van der Waals surface area (Å²) in [6, 6.07) is 9.04. The number of hydrogen-bond donors (Lipinski definition) is 1. The van der Waals surface area contributed by atoms with Crippen molar-refractivity contribution in [3.63, 3.8) is 0 Å². The minimum Gasteiger partial charge on any atom is -0.340 e. The van der Waals surface area contributed by atoms with Crippen molar-refractivity contribution in [2.24, 2.45) is 10.9 Å². The second-order valence-electron chi connectivity index (χ2n) is 11.7. The van der Waals surface area contributed by atoms with Gasteiger partial charge < -0.3 is 5.32 Å². The number of benzene rings is 1. The van der Waals surface area contributed by atoms with Crippen LogP contribution in [0.1, 0.15) is 184 Å². The Labute approximate surface area is 265 Å². The molecule has 42 heavy (non-hydrogen) atoms. The van der Waals surface area contributed by atoms with E-state index in [0.717, 1.165) is 36.7 Å². The van der Waals surface area contributed by atoms with Gasteiger partial charge in [0.25, 0.3) is 0 Å². The summed E-state index contributed by atoms with van der Waals surface area (Å²) < 4.78 is 0. The molecule has 0 aliphatic heterocycles. The van der Waals surface area contributed by atoms with Crippen molar-refractivity contribution in [3.05, 3.63) is 52.9 Å². The molecule has 0 spiro atoms. The van der Waals surface area contributed by atoms with Crippen LogP contribution in [0.15, 0.2) is 52.3 Å². The molecule has 0 aliphatic carbocycles. The number of hydrogen-bond acceptors (Lipinski definition) is 2. The van der Waals surface area contributed by atoms with Gasteiger partial charge >= 0.3 is 0 Å². The van der Waals surface area contributed by atoms with E-state index in [1.807, 2.05) is 13.8 Å². The van der Waals surface area contributed by atoms with Crippen molar-refractivity contribution < 1.29 is 0 Å². The molecule has 0 heterocycles. The lowest BCUT2D eigenvalue weighted by Crippen LogP contribution is -2.07. The van der Waals surface area contributed by atoms with E-state index in [0.29, 0.717) is 0 Å². The average molecular weight is 583 g/mol. The molecule has 0 aromatic heterocycles. The largest absolute Gasteiger partial charge is 0.340 e. The van der Waals surface area contributed by atoms with Crippen LogP contribution >= 0.6 is 0 Å². The van der Waals surface area contributed by atoms with Crippen LogP contribution in [0.3, 0.4) is 0 Å². The minimum absolute atomic E-state index is 0.961. The lowest BCUT2D eigenvalue weighted by molar-refractivity contribution is 0.380. The van der Waals surface area contributed by atoms with Gasteiger partial charge in [0.1, 0.15) is 5.82 Å². The Bertz CT molecular complexity index is 811. The summed E-state index contributed by atoms with van der Waals surface area (Å²) >= 11 is 0. The molecule has 2 nitrogen and oxygen atoms in total. The standard InChI is InChI=1S/C34H58N2.C4H10.C2H6/c1-8-13-14-16-21-30(19-9-2)22-17-15-18-23-31-24-26-32(27-25-31)35-34(29(7)12-5)36-33(20-10-3)28(6)11-4;1-3-4-2;1-2/h11,24-27,30,35H,8-10,12-23H2,1-7H3;3-4H2,1-2H3;1-2H3/b28-11-,34-29?,36-33-;;. The summed E-state index contributed by atoms with van der Waals surface area (Å²) in [5, 5.41) is 3.62. The molecule has 0 aliphatic rings. The molecule has 1 atom stereocenters. The maximum Gasteiger partial charge on any atom is 0.129 e. The molecule has 1 N–H and O–H groups in total. The van der Waals surface area contributed by atoms with E-state index < -0.39 is 0 Å². The van der Waals surface area contributed by atoms with E-state index in [2.05, 4.69) is 98.0 Å². The van der Waals surface area contributed by atoms with Gasteiger partial charge in [0.15, 0.2) is 0 Å². The lowest BCUT2D eigenvalue weighted by Gasteiger charge is -2.16. The SMILES string of the molecule is C/C=C(C)\C(CCC)=N/C(Nc1ccc(CCCCCC(CCC)CCCCCC)cc1)=C(C)CC.CC.CCCC. The number of aryl methyl sites for hydroxylation is 1. The van der Waals surface area contributed by atoms with Gasteiger partial charge in [-0.05, 0) is 81.2 Å². The first-order valence-corrected chi connectivity index (χ1v) is 18.2. The molecule has 0 saturated carbocycles. The van der Waals surface area contributed by atoms with E-state index in [-0.39, 0.29) is 0 Å². The van der Waals surface area contributed by atoms with Crippen LogP contribution in [0.25, 0.3) is 0 Å². The van der Waals surface area contributed by atoms with E-state index in [4.69, 9.17) is 4.99 Å². The highest BCUT2D eigenvalue weighted by atomic mass is 15.0. The Morgan fingerprint density at radius 3 is 1.79 bits per heavy atom. The van der Waals surface area contributed by atoms with Crippen molar-refractivity contribution in [1.82, 2.24) is 0 Å². The maximum atomic E-state index is 5.07.